The first-order valence-electron chi connectivity index (χ1n) is 16.1. The van der Waals surface area contributed by atoms with Crippen molar-refractivity contribution in [1.29, 1.82) is 0 Å². The lowest BCUT2D eigenvalue weighted by Crippen LogP contribution is -2.58. The van der Waals surface area contributed by atoms with Gasteiger partial charge < -0.3 is 49.0 Å². The summed E-state index contributed by atoms with van der Waals surface area (Å²) < 4.78 is 39.1. The van der Waals surface area contributed by atoms with Crippen LogP contribution in [0.1, 0.15) is 40.5 Å². The summed E-state index contributed by atoms with van der Waals surface area (Å²) >= 11 is 0. The van der Waals surface area contributed by atoms with Crippen molar-refractivity contribution >= 4 is 22.8 Å². The van der Waals surface area contributed by atoms with Crippen LogP contribution in [0.5, 0.6) is 23.0 Å². The van der Waals surface area contributed by atoms with Gasteiger partial charge in [-0.2, -0.15) is 0 Å². The van der Waals surface area contributed by atoms with Gasteiger partial charge in [0.05, 0.1) is 59.7 Å². The van der Waals surface area contributed by atoms with E-state index in [0.717, 1.165) is 37.2 Å². The maximum atomic E-state index is 13.5. The molecule has 13 nitrogen and oxygen atoms in total. The van der Waals surface area contributed by atoms with Gasteiger partial charge in [-0.05, 0) is 60.9 Å². The zero-order valence-electron chi connectivity index (χ0n) is 28.4. The van der Waals surface area contributed by atoms with E-state index in [1.54, 1.807) is 26.4 Å². The third kappa shape index (κ3) is 6.64. The van der Waals surface area contributed by atoms with Crippen LogP contribution in [0.3, 0.4) is 0 Å². The second-order valence-corrected chi connectivity index (χ2v) is 12.2. The van der Waals surface area contributed by atoms with E-state index in [-0.39, 0.29) is 36.0 Å². The summed E-state index contributed by atoms with van der Waals surface area (Å²) in [5, 5.41) is 8.96. The molecule has 2 aromatic carbocycles. The zero-order valence-corrected chi connectivity index (χ0v) is 28.4. The molecule has 1 aliphatic carbocycles. The molecular weight excluding hydrogens is 622 g/mol. The number of ether oxygens (including phenoxy) is 7. The quantitative estimate of drug-likeness (QED) is 0.286. The highest BCUT2D eigenvalue weighted by Gasteiger charge is 2.54. The Hall–Kier alpha value is -4.04. The van der Waals surface area contributed by atoms with Crippen LogP contribution in [0.2, 0.25) is 0 Å². The number of aromatic amines is 1. The molecule has 4 N–H and O–H groups in total. The predicted molar refractivity (Wildman–Crippen MR) is 177 cm³/mol. The molecule has 2 fully saturated rings. The summed E-state index contributed by atoms with van der Waals surface area (Å²) in [7, 11) is 9.10. The van der Waals surface area contributed by atoms with Crippen molar-refractivity contribution in [3.05, 3.63) is 47.2 Å². The van der Waals surface area contributed by atoms with Crippen LogP contribution in [0.15, 0.2) is 30.3 Å². The monoisotopic (exact) mass is 669 g/mol. The number of benzene rings is 2. The van der Waals surface area contributed by atoms with Crippen LogP contribution in [0.4, 0.5) is 0 Å². The fourth-order valence-electron chi connectivity index (χ4n) is 7.76. The Morgan fingerprint density at radius 2 is 1.69 bits per heavy atom. The van der Waals surface area contributed by atoms with Crippen molar-refractivity contribution in [2.24, 2.45) is 23.5 Å². The Balaban J connectivity index is 0.00000107. The first kappa shape index (κ1) is 35.3. The van der Waals surface area contributed by atoms with Crippen LogP contribution in [-0.2, 0) is 25.4 Å². The number of nitrogens with one attached hydrogen (secondary N) is 1. The van der Waals surface area contributed by atoms with Gasteiger partial charge in [0.15, 0.2) is 11.5 Å². The average molecular weight is 670 g/mol. The number of aliphatic hydroxyl groups excluding tert-OH is 1. The number of aromatic nitrogens is 1. The molecule has 3 aromatic rings. The van der Waals surface area contributed by atoms with E-state index in [4.69, 9.17) is 44.0 Å². The molecule has 1 saturated heterocycles. The Morgan fingerprint density at radius 1 is 0.979 bits per heavy atom. The maximum Gasteiger partial charge on any atom is 0.338 e. The molecule has 6 atom stereocenters. The molecule has 0 bridgehead atoms. The fraction of sp³-hybridized carbons (Fsp3) is 0.543. The minimum atomic E-state index is -0.670. The molecule has 0 amide bonds. The van der Waals surface area contributed by atoms with E-state index in [1.807, 2.05) is 12.1 Å². The summed E-state index contributed by atoms with van der Waals surface area (Å²) in [5.74, 6) is 0.441. The van der Waals surface area contributed by atoms with E-state index < -0.39 is 24.1 Å². The molecule has 2 aliphatic heterocycles. The number of esters is 2. The topological polar surface area (TPSA) is 164 Å². The predicted octanol–water partition coefficient (Wildman–Crippen LogP) is 3.11. The molecule has 6 rings (SSSR count). The highest BCUT2D eigenvalue weighted by Crippen LogP contribution is 2.51. The molecule has 262 valence electrons. The van der Waals surface area contributed by atoms with Crippen molar-refractivity contribution in [2.45, 2.75) is 37.5 Å². The molecule has 0 spiro atoms. The van der Waals surface area contributed by atoms with Gasteiger partial charge in [0, 0.05) is 49.4 Å². The summed E-state index contributed by atoms with van der Waals surface area (Å²) in [6.07, 6.45) is 0.920. The van der Waals surface area contributed by atoms with E-state index in [0.29, 0.717) is 30.2 Å². The summed E-state index contributed by atoms with van der Waals surface area (Å²) in [4.78, 5) is 33.1. The normalized spacial score (nSPS) is 24.6. The number of H-pyrrole nitrogens is 1. The first-order chi connectivity index (χ1) is 23.3. The van der Waals surface area contributed by atoms with Gasteiger partial charge in [-0.3, -0.25) is 9.69 Å². The van der Waals surface area contributed by atoms with E-state index in [1.165, 1.54) is 45.1 Å². The Kier molecular flexibility index (Phi) is 11.4. The van der Waals surface area contributed by atoms with Crippen molar-refractivity contribution in [3.63, 3.8) is 0 Å². The van der Waals surface area contributed by atoms with Crippen LogP contribution < -0.4 is 24.7 Å². The highest BCUT2D eigenvalue weighted by molar-refractivity contribution is 5.91. The molecular formula is C35H47N3O10. The van der Waals surface area contributed by atoms with Crippen LogP contribution in [0, 0.1) is 17.8 Å². The number of hydrogen-bond donors (Lipinski definition) is 3. The number of hydrogen-bond acceptors (Lipinski definition) is 12. The number of piperidine rings is 1. The van der Waals surface area contributed by atoms with Crippen LogP contribution in [-0.4, -0.2) is 108 Å². The van der Waals surface area contributed by atoms with Crippen molar-refractivity contribution in [2.75, 3.05) is 68.9 Å². The second-order valence-electron chi connectivity index (χ2n) is 12.2. The van der Waals surface area contributed by atoms with E-state index in [2.05, 4.69) is 16.0 Å². The Morgan fingerprint density at radius 3 is 2.27 bits per heavy atom. The third-order valence-corrected chi connectivity index (χ3v) is 9.89. The van der Waals surface area contributed by atoms with Gasteiger partial charge in [0.25, 0.3) is 0 Å². The van der Waals surface area contributed by atoms with Crippen molar-refractivity contribution < 1.29 is 47.9 Å². The summed E-state index contributed by atoms with van der Waals surface area (Å²) in [5.41, 5.74) is 8.61. The molecule has 3 aliphatic rings. The SMILES string of the molecule is COC(=O)[C@H]1[C@H]2C[C@@H]3c4[nH]c5cc(OC)ccc5c4CCN3C[C@H]2C[C@@H](OC(=O)c2cc(OC)c(OC)c(OC)c2)[C@@H]1OC.NCCO. The van der Waals surface area contributed by atoms with Gasteiger partial charge in [-0.15, -0.1) is 0 Å². The van der Waals surface area contributed by atoms with Gasteiger partial charge in [0.2, 0.25) is 5.75 Å². The highest BCUT2D eigenvalue weighted by atomic mass is 16.6. The zero-order chi connectivity index (χ0) is 34.5. The largest absolute Gasteiger partial charge is 0.497 e. The number of nitrogens with zero attached hydrogens (tertiary/aromatic N) is 1. The molecule has 1 saturated carbocycles. The number of methoxy groups -OCH3 is 6. The molecule has 13 heteroatoms. The molecule has 1 aromatic heterocycles. The second kappa shape index (κ2) is 15.5. The van der Waals surface area contributed by atoms with E-state index >= 15 is 0 Å². The fourth-order valence-corrected chi connectivity index (χ4v) is 7.76. The van der Waals surface area contributed by atoms with Gasteiger partial charge in [0.1, 0.15) is 18.0 Å². The van der Waals surface area contributed by atoms with Crippen molar-refractivity contribution in [1.82, 2.24) is 9.88 Å². The van der Waals surface area contributed by atoms with E-state index in [9.17, 15) is 9.59 Å². The first-order valence-corrected chi connectivity index (χ1v) is 16.1. The van der Waals surface area contributed by atoms with Gasteiger partial charge >= 0.3 is 11.9 Å². The molecule has 0 unspecified atom stereocenters. The molecule has 0 radical (unpaired) electrons. The number of aliphatic hydroxyl groups is 1. The maximum absolute atomic E-state index is 13.5. The average Bonchev–Trinajstić information content (AvgIpc) is 3.50. The lowest BCUT2D eigenvalue weighted by Gasteiger charge is -2.52. The molecule has 3 heterocycles. The Labute approximate surface area is 280 Å². The lowest BCUT2D eigenvalue weighted by atomic mass is 9.63. The number of rotatable bonds is 9. The number of carbonyl (C=O) groups excluding carboxylic acids is 2. The number of nitrogens with two attached hydrogens (primary N) is 1. The standard InChI is InChI=1S/C33H40N2O9.C2H7NO/c1-38-19-7-8-20-21-9-10-35-16-18-13-27(44-32(36)17-11-25(39-2)30(41-4)26(12-17)40-3)31(42-5)28(33(37)43-6)22(18)15-24(35)29(21)34-23(20)14-19;3-1-2-4/h7-8,11-12,14,18,22,24,27-28,31,34H,9-10,13,15-16H2,1-6H3;4H,1-3H2/t18-,22+,24-,27-,28+,31+;/m1./s1. The lowest BCUT2D eigenvalue weighted by molar-refractivity contribution is -0.176. The summed E-state index contributed by atoms with van der Waals surface area (Å²) in [6, 6.07) is 9.40. The van der Waals surface area contributed by atoms with Gasteiger partial charge in [-0.25, -0.2) is 4.79 Å². The van der Waals surface area contributed by atoms with Crippen molar-refractivity contribution in [3.8, 4) is 23.0 Å². The van der Waals surface area contributed by atoms with Gasteiger partial charge in [-0.1, -0.05) is 0 Å². The Bertz CT molecular complexity index is 1570. The third-order valence-electron chi connectivity index (χ3n) is 9.89. The number of carbonyl (C=O) groups is 2. The van der Waals surface area contributed by atoms with Crippen LogP contribution in [0.25, 0.3) is 10.9 Å². The smallest absolute Gasteiger partial charge is 0.338 e. The van der Waals surface area contributed by atoms with Crippen LogP contribution >= 0.6 is 0 Å². The number of fused-ring (bicyclic) bond motifs is 6. The molecule has 48 heavy (non-hydrogen) atoms. The minimum absolute atomic E-state index is 0.0170. The minimum Gasteiger partial charge on any atom is -0.497 e. The summed E-state index contributed by atoms with van der Waals surface area (Å²) in [6.45, 7) is 2.15.